The molecule has 0 spiro atoms. The Morgan fingerprint density at radius 1 is 1.07 bits per heavy atom. The smallest absolute Gasteiger partial charge is 0.269 e. The lowest BCUT2D eigenvalue weighted by atomic mass is 10.1. The van der Waals surface area contributed by atoms with Crippen molar-refractivity contribution in [2.24, 2.45) is 5.92 Å². The number of rotatable bonds is 4. The summed E-state index contributed by atoms with van der Waals surface area (Å²) in [6, 6.07) is 11.8. The summed E-state index contributed by atoms with van der Waals surface area (Å²) < 4.78 is 15.5. The molecule has 9 nitrogen and oxygen atoms in total. The Balaban J connectivity index is 1.34. The van der Waals surface area contributed by atoms with Gasteiger partial charge in [-0.2, -0.15) is 0 Å². The predicted molar refractivity (Wildman–Crippen MR) is 102 cm³/mol. The van der Waals surface area contributed by atoms with Crippen LogP contribution in [0.5, 0.6) is 17.2 Å². The topological polar surface area (TPSA) is 106 Å². The number of anilines is 1. The van der Waals surface area contributed by atoms with E-state index in [0.29, 0.717) is 28.5 Å². The van der Waals surface area contributed by atoms with Crippen molar-refractivity contribution >= 4 is 23.4 Å². The molecule has 1 fully saturated rings. The summed E-state index contributed by atoms with van der Waals surface area (Å²) in [7, 11) is 1.56. The van der Waals surface area contributed by atoms with Crippen LogP contribution in [0.1, 0.15) is 16.8 Å². The van der Waals surface area contributed by atoms with Crippen LogP contribution < -0.4 is 30.0 Å². The second kappa shape index (κ2) is 7.70. The van der Waals surface area contributed by atoms with E-state index < -0.39 is 17.7 Å². The monoisotopic (exact) mass is 397 g/mol. The summed E-state index contributed by atoms with van der Waals surface area (Å²) in [6.45, 7) is 0.342. The van der Waals surface area contributed by atoms with Gasteiger partial charge < -0.3 is 19.1 Å². The molecule has 0 aromatic heterocycles. The van der Waals surface area contributed by atoms with Crippen LogP contribution in [0.3, 0.4) is 0 Å². The van der Waals surface area contributed by atoms with Gasteiger partial charge >= 0.3 is 0 Å². The first-order valence-corrected chi connectivity index (χ1v) is 8.99. The van der Waals surface area contributed by atoms with Crippen LogP contribution >= 0.6 is 0 Å². The normalized spacial score (nSPS) is 17.2. The SMILES string of the molecule is COc1ccc(N2CC(C(=O)NNC(=O)c3ccc4c(c3)OCO4)CC2=O)cc1. The van der Waals surface area contributed by atoms with E-state index in [0.717, 1.165) is 0 Å². The van der Waals surface area contributed by atoms with Gasteiger partial charge in [0.1, 0.15) is 5.75 Å². The molecule has 9 heteroatoms. The summed E-state index contributed by atoms with van der Waals surface area (Å²) >= 11 is 0. The van der Waals surface area contributed by atoms with E-state index in [-0.39, 0.29) is 25.7 Å². The first kappa shape index (κ1) is 18.6. The Labute approximate surface area is 166 Å². The molecule has 2 aliphatic rings. The zero-order chi connectivity index (χ0) is 20.4. The quantitative estimate of drug-likeness (QED) is 0.752. The second-order valence-corrected chi connectivity index (χ2v) is 6.61. The number of hydrogen-bond donors (Lipinski definition) is 2. The maximum atomic E-state index is 12.4. The average molecular weight is 397 g/mol. The highest BCUT2D eigenvalue weighted by Gasteiger charge is 2.35. The molecule has 0 aliphatic carbocycles. The van der Waals surface area contributed by atoms with Gasteiger partial charge in [0.05, 0.1) is 13.0 Å². The van der Waals surface area contributed by atoms with Crippen molar-refractivity contribution < 1.29 is 28.6 Å². The Kier molecular flexibility index (Phi) is 4.94. The molecule has 2 heterocycles. The van der Waals surface area contributed by atoms with Gasteiger partial charge in [-0.1, -0.05) is 0 Å². The molecule has 29 heavy (non-hydrogen) atoms. The van der Waals surface area contributed by atoms with E-state index >= 15 is 0 Å². The van der Waals surface area contributed by atoms with Crippen LogP contribution in [0.4, 0.5) is 5.69 Å². The molecule has 1 saturated heterocycles. The number of hydrazine groups is 1. The molecule has 2 aliphatic heterocycles. The van der Waals surface area contributed by atoms with Gasteiger partial charge in [-0.15, -0.1) is 0 Å². The fourth-order valence-electron chi connectivity index (χ4n) is 3.23. The van der Waals surface area contributed by atoms with Crippen molar-refractivity contribution in [1.82, 2.24) is 10.9 Å². The summed E-state index contributed by atoms with van der Waals surface area (Å²) in [5, 5.41) is 0. The standard InChI is InChI=1S/C20H19N3O6/c1-27-15-5-3-14(4-6-15)23-10-13(9-18(23)24)20(26)22-21-19(25)12-2-7-16-17(8-12)29-11-28-16/h2-8,13H,9-11H2,1H3,(H,21,25)(H,22,26). The molecular weight excluding hydrogens is 378 g/mol. The van der Waals surface area contributed by atoms with Crippen molar-refractivity contribution in [3.8, 4) is 17.2 Å². The van der Waals surface area contributed by atoms with Crippen LogP contribution in [0.15, 0.2) is 42.5 Å². The highest BCUT2D eigenvalue weighted by Crippen LogP contribution is 2.32. The van der Waals surface area contributed by atoms with Gasteiger partial charge in [0.15, 0.2) is 11.5 Å². The Morgan fingerprint density at radius 3 is 2.59 bits per heavy atom. The van der Waals surface area contributed by atoms with Crippen molar-refractivity contribution in [3.05, 3.63) is 48.0 Å². The minimum absolute atomic E-state index is 0.0672. The fraction of sp³-hybridized carbons (Fsp3) is 0.250. The van der Waals surface area contributed by atoms with Crippen molar-refractivity contribution in [3.63, 3.8) is 0 Å². The lowest BCUT2D eigenvalue weighted by Gasteiger charge is -2.17. The Bertz CT molecular complexity index is 959. The molecule has 2 N–H and O–H groups in total. The molecule has 4 rings (SSSR count). The van der Waals surface area contributed by atoms with Crippen molar-refractivity contribution in [1.29, 1.82) is 0 Å². The molecule has 0 saturated carbocycles. The zero-order valence-corrected chi connectivity index (χ0v) is 15.6. The number of carbonyl (C=O) groups excluding carboxylic acids is 3. The van der Waals surface area contributed by atoms with Crippen LogP contribution in [0.2, 0.25) is 0 Å². The average Bonchev–Trinajstić information content (AvgIpc) is 3.37. The minimum atomic E-state index is -0.568. The molecule has 150 valence electrons. The first-order valence-electron chi connectivity index (χ1n) is 8.99. The second-order valence-electron chi connectivity index (χ2n) is 6.61. The number of methoxy groups -OCH3 is 1. The first-order chi connectivity index (χ1) is 14.0. The summed E-state index contributed by atoms with van der Waals surface area (Å²) in [4.78, 5) is 38.5. The Hall–Kier alpha value is -3.75. The zero-order valence-electron chi connectivity index (χ0n) is 15.6. The van der Waals surface area contributed by atoms with Gasteiger partial charge in [0.2, 0.25) is 18.6 Å². The molecule has 0 bridgehead atoms. The number of nitrogens with one attached hydrogen (secondary N) is 2. The number of carbonyl (C=O) groups is 3. The van der Waals surface area contributed by atoms with E-state index in [1.54, 1.807) is 48.4 Å². The van der Waals surface area contributed by atoms with Gasteiger partial charge in [-0.05, 0) is 42.5 Å². The lowest BCUT2D eigenvalue weighted by molar-refractivity contribution is -0.126. The predicted octanol–water partition coefficient (Wildman–Crippen LogP) is 1.24. The third-order valence-corrected chi connectivity index (χ3v) is 4.81. The molecule has 2 aromatic carbocycles. The van der Waals surface area contributed by atoms with Gasteiger partial charge in [0.25, 0.3) is 5.91 Å². The molecule has 1 unspecified atom stereocenters. The number of benzene rings is 2. The summed E-state index contributed by atoms with van der Waals surface area (Å²) in [6.07, 6.45) is 0.0672. The van der Waals surface area contributed by atoms with E-state index in [1.807, 2.05) is 0 Å². The number of amides is 3. The van der Waals surface area contributed by atoms with E-state index in [2.05, 4.69) is 10.9 Å². The van der Waals surface area contributed by atoms with Crippen LogP contribution in [0.25, 0.3) is 0 Å². The van der Waals surface area contributed by atoms with Gasteiger partial charge in [-0.25, -0.2) is 0 Å². The van der Waals surface area contributed by atoms with Crippen LogP contribution in [-0.4, -0.2) is 38.2 Å². The van der Waals surface area contributed by atoms with Crippen LogP contribution in [-0.2, 0) is 9.59 Å². The molecule has 2 aromatic rings. The lowest BCUT2D eigenvalue weighted by Crippen LogP contribution is -2.45. The highest BCUT2D eigenvalue weighted by molar-refractivity contribution is 6.01. The Morgan fingerprint density at radius 2 is 1.83 bits per heavy atom. The third-order valence-electron chi connectivity index (χ3n) is 4.81. The minimum Gasteiger partial charge on any atom is -0.497 e. The van der Waals surface area contributed by atoms with Gasteiger partial charge in [-0.3, -0.25) is 25.2 Å². The summed E-state index contributed by atoms with van der Waals surface area (Å²) in [5.41, 5.74) is 5.77. The maximum Gasteiger partial charge on any atom is 0.269 e. The highest BCUT2D eigenvalue weighted by atomic mass is 16.7. The van der Waals surface area contributed by atoms with Crippen molar-refractivity contribution in [2.45, 2.75) is 6.42 Å². The molecule has 1 atom stereocenters. The molecular formula is C20H19N3O6. The fourth-order valence-corrected chi connectivity index (χ4v) is 3.23. The van der Waals surface area contributed by atoms with Crippen LogP contribution in [0, 0.1) is 5.92 Å². The number of nitrogens with zero attached hydrogens (tertiary/aromatic N) is 1. The number of hydrogen-bond acceptors (Lipinski definition) is 6. The summed E-state index contributed by atoms with van der Waals surface area (Å²) in [5.74, 6) is 0.0746. The largest absolute Gasteiger partial charge is 0.497 e. The van der Waals surface area contributed by atoms with Gasteiger partial charge in [0, 0.05) is 24.2 Å². The third kappa shape index (κ3) is 3.79. The van der Waals surface area contributed by atoms with E-state index in [9.17, 15) is 14.4 Å². The van der Waals surface area contributed by atoms with E-state index in [1.165, 1.54) is 6.07 Å². The number of fused-ring (bicyclic) bond motifs is 1. The van der Waals surface area contributed by atoms with Crippen molar-refractivity contribution in [2.75, 3.05) is 25.3 Å². The van der Waals surface area contributed by atoms with E-state index in [4.69, 9.17) is 14.2 Å². The maximum absolute atomic E-state index is 12.4. The molecule has 3 amide bonds. The number of ether oxygens (including phenoxy) is 3. The molecule has 0 radical (unpaired) electrons.